The van der Waals surface area contributed by atoms with Crippen LogP contribution in [0.5, 0.6) is 0 Å². The molecule has 2 aliphatic rings. The molecule has 1 saturated carbocycles. The maximum atomic E-state index is 11.3. The Morgan fingerprint density at radius 2 is 2.00 bits per heavy atom. The van der Waals surface area contributed by atoms with E-state index in [1.54, 1.807) is 0 Å². The molecular weight excluding hydrogens is 216 g/mol. The number of hydrogen-bond acceptors (Lipinski definition) is 3. The highest BCUT2D eigenvalue weighted by atomic mass is 16.4. The number of aliphatic carboxylic acids is 1. The van der Waals surface area contributed by atoms with E-state index in [0.717, 1.165) is 38.9 Å². The van der Waals surface area contributed by atoms with E-state index < -0.39 is 11.4 Å². The fourth-order valence-corrected chi connectivity index (χ4v) is 3.09. The molecule has 2 rings (SSSR count). The molecule has 1 aliphatic heterocycles. The van der Waals surface area contributed by atoms with Crippen LogP contribution >= 0.6 is 0 Å². The van der Waals surface area contributed by atoms with Gasteiger partial charge in [0.05, 0.1) is 5.41 Å². The lowest BCUT2D eigenvalue weighted by Crippen LogP contribution is -2.51. The van der Waals surface area contributed by atoms with Crippen molar-refractivity contribution in [3.05, 3.63) is 0 Å². The Labute approximate surface area is 104 Å². The lowest BCUT2D eigenvalue weighted by atomic mass is 9.68. The third kappa shape index (κ3) is 2.63. The van der Waals surface area contributed by atoms with Gasteiger partial charge >= 0.3 is 5.97 Å². The second kappa shape index (κ2) is 4.94. The summed E-state index contributed by atoms with van der Waals surface area (Å²) in [5.74, 6) is -0.594. The SMILES string of the molecule is CN1CCC(N(C)CC2(C(=O)O)CCC2)CC1. The van der Waals surface area contributed by atoms with Gasteiger partial charge in [0.25, 0.3) is 0 Å². The van der Waals surface area contributed by atoms with Crippen molar-refractivity contribution >= 4 is 5.97 Å². The van der Waals surface area contributed by atoms with E-state index in [1.165, 1.54) is 12.8 Å². The van der Waals surface area contributed by atoms with Gasteiger partial charge in [-0.05, 0) is 52.9 Å². The molecule has 0 bridgehead atoms. The Balaban J connectivity index is 1.88. The maximum Gasteiger partial charge on any atom is 0.310 e. The first-order valence-corrected chi connectivity index (χ1v) is 6.66. The second-order valence-corrected chi connectivity index (χ2v) is 5.89. The van der Waals surface area contributed by atoms with Crippen molar-refractivity contribution in [2.75, 3.05) is 33.7 Å². The van der Waals surface area contributed by atoms with Crippen LogP contribution in [-0.4, -0.2) is 60.6 Å². The smallest absolute Gasteiger partial charge is 0.310 e. The molecule has 0 radical (unpaired) electrons. The number of carboxylic acids is 1. The van der Waals surface area contributed by atoms with E-state index in [0.29, 0.717) is 6.04 Å². The molecule has 0 amide bonds. The van der Waals surface area contributed by atoms with E-state index in [-0.39, 0.29) is 0 Å². The van der Waals surface area contributed by atoms with Crippen LogP contribution in [0.2, 0.25) is 0 Å². The van der Waals surface area contributed by atoms with E-state index >= 15 is 0 Å². The van der Waals surface area contributed by atoms with Gasteiger partial charge in [-0.2, -0.15) is 0 Å². The molecule has 4 heteroatoms. The van der Waals surface area contributed by atoms with E-state index in [9.17, 15) is 9.90 Å². The predicted octanol–water partition coefficient (Wildman–Crippen LogP) is 1.27. The molecule has 1 saturated heterocycles. The number of hydrogen-bond donors (Lipinski definition) is 1. The van der Waals surface area contributed by atoms with Crippen molar-refractivity contribution < 1.29 is 9.90 Å². The lowest BCUT2D eigenvalue weighted by Gasteiger charge is -2.44. The van der Waals surface area contributed by atoms with Crippen LogP contribution in [0.15, 0.2) is 0 Å². The van der Waals surface area contributed by atoms with E-state index in [2.05, 4.69) is 23.9 Å². The van der Waals surface area contributed by atoms with Gasteiger partial charge in [0.2, 0.25) is 0 Å². The molecule has 0 aromatic carbocycles. The van der Waals surface area contributed by atoms with Crippen molar-refractivity contribution in [1.29, 1.82) is 0 Å². The number of piperidine rings is 1. The van der Waals surface area contributed by atoms with Crippen LogP contribution in [0.1, 0.15) is 32.1 Å². The van der Waals surface area contributed by atoms with E-state index in [1.807, 2.05) is 0 Å². The molecule has 1 heterocycles. The van der Waals surface area contributed by atoms with Crippen LogP contribution < -0.4 is 0 Å². The van der Waals surface area contributed by atoms with Crippen LogP contribution in [0.3, 0.4) is 0 Å². The molecule has 17 heavy (non-hydrogen) atoms. The van der Waals surface area contributed by atoms with Gasteiger partial charge in [-0.1, -0.05) is 6.42 Å². The molecular formula is C13H24N2O2. The lowest BCUT2D eigenvalue weighted by molar-refractivity contribution is -0.156. The third-order valence-electron chi connectivity index (χ3n) is 4.63. The summed E-state index contributed by atoms with van der Waals surface area (Å²) in [5, 5.41) is 9.34. The zero-order chi connectivity index (χ0) is 12.5. The van der Waals surface area contributed by atoms with E-state index in [4.69, 9.17) is 0 Å². The Bertz CT molecular complexity index is 281. The summed E-state index contributed by atoms with van der Waals surface area (Å²) in [6, 6.07) is 0.572. The number of carboxylic acid groups (broad SMARTS) is 1. The molecule has 0 atom stereocenters. The quantitative estimate of drug-likeness (QED) is 0.803. The minimum Gasteiger partial charge on any atom is -0.481 e. The van der Waals surface area contributed by atoms with Crippen molar-refractivity contribution in [1.82, 2.24) is 9.80 Å². The summed E-state index contributed by atoms with van der Waals surface area (Å²) in [7, 11) is 4.25. The molecule has 1 aliphatic carbocycles. The summed E-state index contributed by atoms with van der Waals surface area (Å²) in [5.41, 5.74) is -0.432. The molecule has 2 fully saturated rings. The Hall–Kier alpha value is -0.610. The molecule has 0 unspecified atom stereocenters. The molecule has 0 aromatic heterocycles. The van der Waals surface area contributed by atoms with Gasteiger partial charge in [-0.15, -0.1) is 0 Å². The summed E-state index contributed by atoms with van der Waals surface area (Å²) in [4.78, 5) is 16.0. The number of nitrogens with zero attached hydrogens (tertiary/aromatic N) is 2. The zero-order valence-electron chi connectivity index (χ0n) is 11.0. The first kappa shape index (κ1) is 12.8. The first-order valence-electron chi connectivity index (χ1n) is 6.66. The summed E-state index contributed by atoms with van der Waals surface area (Å²) in [6.07, 6.45) is 5.14. The van der Waals surface area contributed by atoms with Gasteiger partial charge in [-0.3, -0.25) is 4.79 Å². The van der Waals surface area contributed by atoms with Gasteiger partial charge in [0, 0.05) is 12.6 Å². The zero-order valence-corrected chi connectivity index (χ0v) is 11.0. The minimum atomic E-state index is -0.594. The largest absolute Gasteiger partial charge is 0.481 e. The normalized spacial score (nSPS) is 25.8. The molecule has 4 nitrogen and oxygen atoms in total. The minimum absolute atomic E-state index is 0.432. The molecule has 0 aromatic rings. The third-order valence-corrected chi connectivity index (χ3v) is 4.63. The average molecular weight is 240 g/mol. The first-order chi connectivity index (χ1) is 8.03. The fraction of sp³-hybridized carbons (Fsp3) is 0.923. The van der Waals surface area contributed by atoms with Gasteiger partial charge < -0.3 is 14.9 Å². The van der Waals surface area contributed by atoms with Crippen molar-refractivity contribution in [2.45, 2.75) is 38.1 Å². The highest BCUT2D eigenvalue weighted by molar-refractivity contribution is 5.76. The highest BCUT2D eigenvalue weighted by Gasteiger charge is 2.45. The van der Waals surface area contributed by atoms with Gasteiger partial charge in [-0.25, -0.2) is 0 Å². The van der Waals surface area contributed by atoms with Crippen LogP contribution in [-0.2, 0) is 4.79 Å². The van der Waals surface area contributed by atoms with Crippen molar-refractivity contribution in [3.8, 4) is 0 Å². The molecule has 98 valence electrons. The van der Waals surface area contributed by atoms with Crippen molar-refractivity contribution in [3.63, 3.8) is 0 Å². The number of carbonyl (C=O) groups is 1. The van der Waals surface area contributed by atoms with Gasteiger partial charge in [0.15, 0.2) is 0 Å². The predicted molar refractivity (Wildman–Crippen MR) is 67.1 cm³/mol. The van der Waals surface area contributed by atoms with Crippen LogP contribution in [0.4, 0.5) is 0 Å². The highest BCUT2D eigenvalue weighted by Crippen LogP contribution is 2.42. The summed E-state index contributed by atoms with van der Waals surface area (Å²) in [6.45, 7) is 3.00. The summed E-state index contributed by atoms with van der Waals surface area (Å²) < 4.78 is 0. The van der Waals surface area contributed by atoms with Gasteiger partial charge in [0.1, 0.15) is 0 Å². The Morgan fingerprint density at radius 1 is 1.41 bits per heavy atom. The number of likely N-dealkylation sites (tertiary alicyclic amines) is 1. The standard InChI is InChI=1S/C13H24N2O2/c1-14-8-4-11(5-9-14)15(2)10-13(12(16)17)6-3-7-13/h11H,3-10H2,1-2H3,(H,16,17). The summed E-state index contributed by atoms with van der Waals surface area (Å²) >= 11 is 0. The molecule has 1 N–H and O–H groups in total. The van der Waals surface area contributed by atoms with Crippen LogP contribution in [0.25, 0.3) is 0 Å². The molecule has 0 spiro atoms. The van der Waals surface area contributed by atoms with Crippen LogP contribution in [0, 0.1) is 5.41 Å². The number of rotatable bonds is 4. The maximum absolute atomic E-state index is 11.3. The fourth-order valence-electron chi connectivity index (χ4n) is 3.09. The Kier molecular flexibility index (Phi) is 3.73. The monoisotopic (exact) mass is 240 g/mol. The van der Waals surface area contributed by atoms with Crippen molar-refractivity contribution in [2.24, 2.45) is 5.41 Å². The Morgan fingerprint density at radius 3 is 2.41 bits per heavy atom. The second-order valence-electron chi connectivity index (χ2n) is 5.89. The topological polar surface area (TPSA) is 43.8 Å². The average Bonchev–Trinajstić information content (AvgIpc) is 2.23.